The molecule has 0 aromatic heterocycles. The molecule has 2 amide bonds. The number of aryl methyl sites for hydroxylation is 1. The summed E-state index contributed by atoms with van der Waals surface area (Å²) in [4.78, 5) is 27.2. The zero-order valence-corrected chi connectivity index (χ0v) is 14.3. The van der Waals surface area contributed by atoms with Gasteiger partial charge in [-0.1, -0.05) is 28.1 Å². The van der Waals surface area contributed by atoms with E-state index in [9.17, 15) is 14.7 Å². The van der Waals surface area contributed by atoms with E-state index in [2.05, 4.69) is 15.9 Å². The third-order valence-corrected chi connectivity index (χ3v) is 4.69. The fraction of sp³-hybridized carbons (Fsp3) is 0.0526. The number of hydrogen-bond donors (Lipinski definition) is 1. The van der Waals surface area contributed by atoms with Gasteiger partial charge in [0.25, 0.3) is 11.8 Å². The number of rotatable bonds is 1. The van der Waals surface area contributed by atoms with Gasteiger partial charge in [-0.05, 0) is 54.3 Å². The summed E-state index contributed by atoms with van der Waals surface area (Å²) in [6.07, 6.45) is 0. The Labute approximate surface area is 146 Å². The van der Waals surface area contributed by atoms with Crippen molar-refractivity contribution in [3.8, 4) is 5.75 Å². The van der Waals surface area contributed by atoms with Crippen LogP contribution in [0, 0.1) is 6.92 Å². The Balaban J connectivity index is 2.01. The van der Waals surface area contributed by atoms with E-state index in [0.717, 1.165) is 9.86 Å². The van der Waals surface area contributed by atoms with Crippen molar-refractivity contribution in [1.29, 1.82) is 0 Å². The molecule has 0 atom stereocenters. The number of anilines is 1. The minimum absolute atomic E-state index is 0.0957. The number of aromatic hydroxyl groups is 1. The first-order valence-electron chi connectivity index (χ1n) is 7.38. The van der Waals surface area contributed by atoms with Crippen LogP contribution in [-0.4, -0.2) is 16.9 Å². The molecule has 1 aliphatic heterocycles. The molecule has 1 heterocycles. The predicted octanol–water partition coefficient (Wildman–Crippen LogP) is 4.42. The number of phenols is 1. The number of amides is 2. The Bertz CT molecular complexity index is 1040. The monoisotopic (exact) mass is 381 g/mol. The van der Waals surface area contributed by atoms with Crippen molar-refractivity contribution in [2.24, 2.45) is 0 Å². The second kappa shape index (κ2) is 5.18. The lowest BCUT2D eigenvalue weighted by atomic mass is 9.93. The maximum Gasteiger partial charge on any atom is 0.266 e. The Hall–Kier alpha value is -2.66. The van der Waals surface area contributed by atoms with Crippen molar-refractivity contribution in [3.63, 3.8) is 0 Å². The van der Waals surface area contributed by atoms with Crippen LogP contribution < -0.4 is 4.90 Å². The van der Waals surface area contributed by atoms with E-state index in [4.69, 9.17) is 0 Å². The van der Waals surface area contributed by atoms with Crippen LogP contribution in [0.25, 0.3) is 10.8 Å². The fourth-order valence-electron chi connectivity index (χ4n) is 3.18. The highest BCUT2D eigenvalue weighted by atomic mass is 79.9. The van der Waals surface area contributed by atoms with Crippen molar-refractivity contribution in [2.45, 2.75) is 6.92 Å². The maximum atomic E-state index is 13.0. The molecule has 118 valence electrons. The van der Waals surface area contributed by atoms with Crippen molar-refractivity contribution < 1.29 is 14.7 Å². The van der Waals surface area contributed by atoms with E-state index in [-0.39, 0.29) is 17.6 Å². The van der Waals surface area contributed by atoms with E-state index in [1.807, 2.05) is 18.2 Å². The molecule has 0 aliphatic carbocycles. The molecule has 1 N–H and O–H groups in total. The van der Waals surface area contributed by atoms with E-state index in [0.29, 0.717) is 27.8 Å². The zero-order chi connectivity index (χ0) is 17.0. The van der Waals surface area contributed by atoms with Crippen molar-refractivity contribution in [2.75, 3.05) is 4.90 Å². The van der Waals surface area contributed by atoms with E-state index < -0.39 is 0 Å². The Morgan fingerprint density at radius 1 is 0.958 bits per heavy atom. The summed E-state index contributed by atoms with van der Waals surface area (Å²) in [5.41, 5.74) is 2.12. The first-order chi connectivity index (χ1) is 11.5. The van der Waals surface area contributed by atoms with Crippen LogP contribution in [0.2, 0.25) is 0 Å². The highest BCUT2D eigenvalue weighted by Gasteiger charge is 2.34. The number of hydrogen-bond acceptors (Lipinski definition) is 3. The van der Waals surface area contributed by atoms with Crippen molar-refractivity contribution in [3.05, 3.63) is 69.7 Å². The van der Waals surface area contributed by atoms with Gasteiger partial charge in [-0.3, -0.25) is 9.59 Å². The Morgan fingerprint density at radius 2 is 1.71 bits per heavy atom. The van der Waals surface area contributed by atoms with Gasteiger partial charge in [0.05, 0.1) is 11.3 Å². The Morgan fingerprint density at radius 3 is 2.46 bits per heavy atom. The van der Waals surface area contributed by atoms with Crippen LogP contribution in [0.4, 0.5) is 5.69 Å². The zero-order valence-electron chi connectivity index (χ0n) is 12.7. The summed E-state index contributed by atoms with van der Waals surface area (Å²) in [5, 5.41) is 11.1. The number of carbonyl (C=O) groups excluding carboxylic acids is 2. The number of halogens is 1. The number of nitrogens with zero attached hydrogens (tertiary/aromatic N) is 1. The minimum Gasteiger partial charge on any atom is -0.508 e. The first kappa shape index (κ1) is 14.9. The van der Waals surface area contributed by atoms with Crippen molar-refractivity contribution >= 4 is 44.2 Å². The second-order valence-corrected chi connectivity index (χ2v) is 6.69. The van der Waals surface area contributed by atoms with Gasteiger partial charge in [0, 0.05) is 15.4 Å². The average Bonchev–Trinajstić information content (AvgIpc) is 2.54. The predicted molar refractivity (Wildman–Crippen MR) is 95.6 cm³/mol. The summed E-state index contributed by atoms with van der Waals surface area (Å²) in [6.45, 7) is 1.76. The molecule has 0 fully saturated rings. The molecule has 0 saturated carbocycles. The van der Waals surface area contributed by atoms with Gasteiger partial charge >= 0.3 is 0 Å². The fourth-order valence-corrected chi connectivity index (χ4v) is 3.66. The van der Waals surface area contributed by atoms with Gasteiger partial charge in [-0.2, -0.15) is 0 Å². The molecule has 24 heavy (non-hydrogen) atoms. The number of carbonyl (C=O) groups is 2. The van der Waals surface area contributed by atoms with Crippen LogP contribution in [-0.2, 0) is 0 Å². The molecule has 4 rings (SSSR count). The van der Waals surface area contributed by atoms with Crippen molar-refractivity contribution in [1.82, 2.24) is 0 Å². The summed E-state index contributed by atoms with van der Waals surface area (Å²) in [6, 6.07) is 13.7. The van der Waals surface area contributed by atoms with Gasteiger partial charge < -0.3 is 5.11 Å². The van der Waals surface area contributed by atoms with Crippen LogP contribution in [0.5, 0.6) is 5.75 Å². The summed E-state index contributed by atoms with van der Waals surface area (Å²) < 4.78 is 0.784. The lowest BCUT2D eigenvalue weighted by Gasteiger charge is -2.28. The number of phenolic OH excluding ortho intramolecular Hbond substituents is 1. The molecule has 3 aromatic carbocycles. The molecule has 0 saturated heterocycles. The standard InChI is InChI=1S/C19H12BrNO3/c1-10-7-13(22)5-6-16(10)21-18(23)14-4-2-3-11-8-12(20)9-15(17(11)14)19(21)24/h2-9,22H,1H3. The molecule has 0 spiro atoms. The molecule has 0 bridgehead atoms. The molecular formula is C19H12BrNO3. The van der Waals surface area contributed by atoms with Crippen LogP contribution >= 0.6 is 15.9 Å². The lowest BCUT2D eigenvalue weighted by Crippen LogP contribution is -2.40. The highest BCUT2D eigenvalue weighted by molar-refractivity contribution is 9.10. The first-order valence-corrected chi connectivity index (χ1v) is 8.17. The molecule has 1 aliphatic rings. The smallest absolute Gasteiger partial charge is 0.266 e. The number of benzene rings is 3. The van der Waals surface area contributed by atoms with Crippen LogP contribution in [0.3, 0.4) is 0 Å². The summed E-state index contributed by atoms with van der Waals surface area (Å²) >= 11 is 3.43. The average molecular weight is 382 g/mol. The minimum atomic E-state index is -0.362. The van der Waals surface area contributed by atoms with Crippen LogP contribution in [0.1, 0.15) is 26.3 Å². The molecule has 4 nitrogen and oxygen atoms in total. The summed E-state index contributed by atoms with van der Waals surface area (Å²) in [5.74, 6) is -0.619. The van der Waals surface area contributed by atoms with E-state index in [1.165, 1.54) is 17.0 Å². The highest BCUT2D eigenvalue weighted by Crippen LogP contribution is 2.36. The lowest BCUT2D eigenvalue weighted by molar-refractivity contribution is 0.0893. The molecule has 5 heteroatoms. The molecule has 3 aromatic rings. The second-order valence-electron chi connectivity index (χ2n) is 5.77. The SMILES string of the molecule is Cc1cc(O)ccc1N1C(=O)c2cccc3cc(Br)cc(c23)C1=O. The van der Waals surface area contributed by atoms with E-state index in [1.54, 1.807) is 25.1 Å². The third-order valence-electron chi connectivity index (χ3n) is 4.23. The van der Waals surface area contributed by atoms with Gasteiger partial charge in [0.15, 0.2) is 0 Å². The summed E-state index contributed by atoms with van der Waals surface area (Å²) in [7, 11) is 0. The molecule has 0 radical (unpaired) electrons. The third kappa shape index (κ3) is 2.05. The van der Waals surface area contributed by atoms with Gasteiger partial charge in [0.1, 0.15) is 5.75 Å². The Kier molecular flexibility index (Phi) is 3.21. The largest absolute Gasteiger partial charge is 0.508 e. The topological polar surface area (TPSA) is 57.6 Å². The van der Waals surface area contributed by atoms with Gasteiger partial charge in [-0.15, -0.1) is 0 Å². The normalized spacial score (nSPS) is 13.7. The molecular weight excluding hydrogens is 370 g/mol. The van der Waals surface area contributed by atoms with E-state index >= 15 is 0 Å². The maximum absolute atomic E-state index is 13.0. The van der Waals surface area contributed by atoms with Gasteiger partial charge in [0.2, 0.25) is 0 Å². The molecule has 0 unspecified atom stereocenters. The quantitative estimate of drug-likeness (QED) is 0.634. The van der Waals surface area contributed by atoms with Gasteiger partial charge in [-0.25, -0.2) is 4.90 Å². The number of imide groups is 1. The van der Waals surface area contributed by atoms with Crippen LogP contribution in [0.15, 0.2) is 53.0 Å².